The third-order valence-corrected chi connectivity index (χ3v) is 7.57. The summed E-state index contributed by atoms with van der Waals surface area (Å²) in [5, 5.41) is 5.95. The highest BCUT2D eigenvalue weighted by molar-refractivity contribution is 7.09. The molecule has 0 saturated carbocycles. The summed E-state index contributed by atoms with van der Waals surface area (Å²) in [6.07, 6.45) is 3.04. The number of anilines is 1. The Morgan fingerprint density at radius 1 is 1.03 bits per heavy atom. The van der Waals surface area contributed by atoms with Gasteiger partial charge in [-0.3, -0.25) is 4.79 Å². The van der Waals surface area contributed by atoms with Gasteiger partial charge in [-0.2, -0.15) is 0 Å². The van der Waals surface area contributed by atoms with Crippen LogP contribution in [0, 0.1) is 0 Å². The number of piperidine rings is 1. The van der Waals surface area contributed by atoms with Crippen molar-refractivity contribution in [2.24, 2.45) is 0 Å². The summed E-state index contributed by atoms with van der Waals surface area (Å²) >= 11 is 1.83. The van der Waals surface area contributed by atoms with E-state index in [-0.39, 0.29) is 12.0 Å². The lowest BCUT2D eigenvalue weighted by Gasteiger charge is -2.35. The van der Waals surface area contributed by atoms with Gasteiger partial charge in [0.2, 0.25) is 0 Å². The minimum atomic E-state index is -0.296. The molecule has 2 aromatic rings. The Morgan fingerprint density at radius 2 is 1.71 bits per heavy atom. The van der Waals surface area contributed by atoms with Gasteiger partial charge in [0.05, 0.1) is 6.61 Å². The SMILES string of the molecule is CCOC(=O)N1CCN(C(=O)c2ccc(N3CCC(N[C@@H](C)Cc4cccs4)CC3)cc2)CC1. The van der Waals surface area contributed by atoms with Crippen LogP contribution < -0.4 is 10.2 Å². The smallest absolute Gasteiger partial charge is 0.409 e. The highest BCUT2D eigenvalue weighted by Gasteiger charge is 2.26. The first-order valence-electron chi connectivity index (χ1n) is 12.4. The Kier molecular flexibility index (Phi) is 8.45. The fourth-order valence-corrected chi connectivity index (χ4v) is 5.64. The third-order valence-electron chi connectivity index (χ3n) is 6.67. The van der Waals surface area contributed by atoms with Gasteiger partial charge in [0, 0.05) is 67.5 Å². The van der Waals surface area contributed by atoms with Gasteiger partial charge < -0.3 is 24.8 Å². The summed E-state index contributed by atoms with van der Waals surface area (Å²) in [6, 6.07) is 13.4. The Morgan fingerprint density at radius 3 is 2.32 bits per heavy atom. The number of hydrogen-bond acceptors (Lipinski definition) is 6. The Bertz CT molecular complexity index is 918. The number of amides is 2. The molecular weight excluding hydrogens is 448 g/mol. The van der Waals surface area contributed by atoms with Gasteiger partial charge in [-0.05, 0) is 68.8 Å². The summed E-state index contributed by atoms with van der Waals surface area (Å²) in [6.45, 7) is 8.57. The van der Waals surface area contributed by atoms with Crippen molar-refractivity contribution in [1.82, 2.24) is 15.1 Å². The normalized spacial score (nSPS) is 18.1. The van der Waals surface area contributed by atoms with Gasteiger partial charge in [0.25, 0.3) is 5.91 Å². The van der Waals surface area contributed by atoms with Crippen LogP contribution in [0.15, 0.2) is 41.8 Å². The standard InChI is InChI=1S/C26H36N4O3S/c1-3-33-26(32)30-16-14-29(15-17-30)25(31)21-6-8-23(9-7-21)28-12-10-22(11-13-28)27-20(2)19-24-5-4-18-34-24/h4-9,18,20,22,27H,3,10-17,19H2,1-2H3/t20-/m0/s1. The van der Waals surface area contributed by atoms with Crippen molar-refractivity contribution in [3.8, 4) is 0 Å². The maximum Gasteiger partial charge on any atom is 0.409 e. The quantitative estimate of drug-likeness (QED) is 0.647. The first kappa shape index (κ1) is 24.5. The summed E-state index contributed by atoms with van der Waals surface area (Å²) in [4.78, 5) is 32.1. The number of nitrogens with one attached hydrogen (secondary N) is 1. The molecular formula is C26H36N4O3S. The number of ether oxygens (including phenoxy) is 1. The van der Waals surface area contributed by atoms with Crippen LogP contribution in [0.1, 0.15) is 41.9 Å². The molecule has 7 nitrogen and oxygen atoms in total. The molecule has 1 N–H and O–H groups in total. The second kappa shape index (κ2) is 11.7. The fraction of sp³-hybridized carbons (Fsp3) is 0.538. The molecule has 0 bridgehead atoms. The van der Waals surface area contributed by atoms with E-state index < -0.39 is 0 Å². The van der Waals surface area contributed by atoms with Gasteiger partial charge in [-0.15, -0.1) is 11.3 Å². The van der Waals surface area contributed by atoms with Crippen LogP contribution in [0.4, 0.5) is 10.5 Å². The van der Waals surface area contributed by atoms with Crippen molar-refractivity contribution in [3.05, 3.63) is 52.2 Å². The molecule has 8 heteroatoms. The molecule has 34 heavy (non-hydrogen) atoms. The second-order valence-corrected chi connectivity index (χ2v) is 10.2. The van der Waals surface area contributed by atoms with Crippen molar-refractivity contribution in [2.75, 3.05) is 50.8 Å². The van der Waals surface area contributed by atoms with Gasteiger partial charge in [-0.1, -0.05) is 6.07 Å². The number of hydrogen-bond donors (Lipinski definition) is 1. The maximum absolute atomic E-state index is 12.9. The topological polar surface area (TPSA) is 65.1 Å². The minimum absolute atomic E-state index is 0.0256. The Hall–Kier alpha value is -2.58. The van der Waals surface area contributed by atoms with Crippen molar-refractivity contribution in [3.63, 3.8) is 0 Å². The van der Waals surface area contributed by atoms with Crippen molar-refractivity contribution in [2.45, 2.75) is 45.2 Å². The average Bonchev–Trinajstić information content (AvgIpc) is 3.37. The number of thiophene rings is 1. The molecule has 0 aliphatic carbocycles. The monoisotopic (exact) mass is 484 g/mol. The number of carbonyl (C=O) groups is 2. The van der Waals surface area contributed by atoms with Crippen molar-refractivity contribution >= 4 is 29.0 Å². The molecule has 2 saturated heterocycles. The molecule has 0 unspecified atom stereocenters. The molecule has 184 valence electrons. The first-order valence-corrected chi connectivity index (χ1v) is 13.3. The van der Waals surface area contributed by atoms with Gasteiger partial charge in [-0.25, -0.2) is 4.79 Å². The van der Waals surface area contributed by atoms with Crippen LogP contribution in [0.2, 0.25) is 0 Å². The molecule has 0 radical (unpaired) electrons. The zero-order valence-electron chi connectivity index (χ0n) is 20.2. The zero-order chi connectivity index (χ0) is 23.9. The summed E-state index contributed by atoms with van der Waals surface area (Å²) in [7, 11) is 0. The average molecular weight is 485 g/mol. The number of carbonyl (C=O) groups excluding carboxylic acids is 2. The maximum atomic E-state index is 12.9. The lowest BCUT2D eigenvalue weighted by atomic mass is 10.0. The van der Waals surface area contributed by atoms with Crippen molar-refractivity contribution in [1.29, 1.82) is 0 Å². The third kappa shape index (κ3) is 6.30. The molecule has 2 fully saturated rings. The van der Waals surface area contributed by atoms with Crippen LogP contribution in [-0.4, -0.2) is 79.8 Å². The van der Waals surface area contributed by atoms with E-state index in [1.54, 1.807) is 11.8 Å². The van der Waals surface area contributed by atoms with Gasteiger partial charge >= 0.3 is 6.09 Å². The van der Waals surface area contributed by atoms with E-state index in [1.807, 2.05) is 28.4 Å². The molecule has 1 aromatic heterocycles. The molecule has 1 atom stereocenters. The minimum Gasteiger partial charge on any atom is -0.450 e. The Labute approximate surface area is 206 Å². The summed E-state index contributed by atoms with van der Waals surface area (Å²) in [5.41, 5.74) is 1.88. The highest BCUT2D eigenvalue weighted by Crippen LogP contribution is 2.22. The molecule has 2 amide bonds. The molecule has 0 spiro atoms. The lowest BCUT2D eigenvalue weighted by Crippen LogP contribution is -2.50. The molecule has 3 heterocycles. The van der Waals surface area contributed by atoms with E-state index in [0.717, 1.165) is 32.4 Å². The predicted octanol–water partition coefficient (Wildman–Crippen LogP) is 3.85. The molecule has 2 aliphatic rings. The van der Waals surface area contributed by atoms with E-state index in [4.69, 9.17) is 4.74 Å². The van der Waals surface area contributed by atoms with Gasteiger partial charge in [0.1, 0.15) is 0 Å². The van der Waals surface area contributed by atoms with Crippen LogP contribution in [0.3, 0.4) is 0 Å². The van der Waals surface area contributed by atoms with E-state index in [0.29, 0.717) is 50.4 Å². The number of piperazine rings is 1. The summed E-state index contributed by atoms with van der Waals surface area (Å²) < 4.78 is 5.05. The van der Waals surface area contributed by atoms with E-state index in [1.165, 1.54) is 10.6 Å². The molecule has 4 rings (SSSR count). The van der Waals surface area contributed by atoms with Crippen LogP contribution in [0.25, 0.3) is 0 Å². The number of benzene rings is 1. The van der Waals surface area contributed by atoms with Gasteiger partial charge in [0.15, 0.2) is 0 Å². The van der Waals surface area contributed by atoms with E-state index in [9.17, 15) is 9.59 Å². The highest BCUT2D eigenvalue weighted by atomic mass is 32.1. The second-order valence-electron chi connectivity index (χ2n) is 9.14. The molecule has 1 aromatic carbocycles. The largest absolute Gasteiger partial charge is 0.450 e. The first-order chi connectivity index (χ1) is 16.5. The van der Waals surface area contributed by atoms with Crippen molar-refractivity contribution < 1.29 is 14.3 Å². The lowest BCUT2D eigenvalue weighted by molar-refractivity contribution is 0.0570. The van der Waals surface area contributed by atoms with Crippen LogP contribution >= 0.6 is 11.3 Å². The zero-order valence-corrected chi connectivity index (χ0v) is 21.1. The Balaban J connectivity index is 1.22. The van der Waals surface area contributed by atoms with E-state index >= 15 is 0 Å². The number of nitrogens with zero attached hydrogens (tertiary/aromatic N) is 3. The van der Waals surface area contributed by atoms with Crippen LogP contribution in [0.5, 0.6) is 0 Å². The fourth-order valence-electron chi connectivity index (χ4n) is 4.80. The summed E-state index contributed by atoms with van der Waals surface area (Å²) in [5.74, 6) is 0.0256. The van der Waals surface area contributed by atoms with E-state index in [2.05, 4.69) is 46.8 Å². The van der Waals surface area contributed by atoms with Crippen LogP contribution in [-0.2, 0) is 11.2 Å². The number of rotatable bonds is 7. The molecule has 2 aliphatic heterocycles. The predicted molar refractivity (Wildman–Crippen MR) is 137 cm³/mol.